The smallest absolute Gasteiger partial charge is 0.241 e. The van der Waals surface area contributed by atoms with Crippen LogP contribution in [0.3, 0.4) is 0 Å². The van der Waals surface area contributed by atoms with Crippen molar-refractivity contribution in [1.82, 2.24) is 9.29 Å². The summed E-state index contributed by atoms with van der Waals surface area (Å²) >= 11 is 1.62. The number of aromatic nitrogens is 1. The lowest BCUT2D eigenvalue weighted by molar-refractivity contribution is 0.315. The summed E-state index contributed by atoms with van der Waals surface area (Å²) in [5.41, 5.74) is 0.951. The second-order valence-electron chi connectivity index (χ2n) is 6.18. The average Bonchev–Trinajstić information content (AvgIpc) is 3.06. The van der Waals surface area contributed by atoms with Crippen molar-refractivity contribution < 1.29 is 12.8 Å². The molecule has 0 aliphatic carbocycles. The summed E-state index contributed by atoms with van der Waals surface area (Å²) in [5, 5.41) is 0.973. The van der Waals surface area contributed by atoms with E-state index in [1.165, 1.54) is 22.5 Å². The molecule has 1 aromatic heterocycles. The van der Waals surface area contributed by atoms with Gasteiger partial charge in [-0.3, -0.25) is 0 Å². The minimum absolute atomic E-state index is 0.0115. The number of thiazole rings is 1. The van der Waals surface area contributed by atoms with Crippen molar-refractivity contribution in [3.63, 3.8) is 0 Å². The zero-order valence-electron chi connectivity index (χ0n) is 13.4. The fraction of sp³-hybridized carbons (Fsp3) is 0.278. The van der Waals surface area contributed by atoms with Crippen molar-refractivity contribution in [2.24, 2.45) is 0 Å². The summed E-state index contributed by atoms with van der Waals surface area (Å²) < 4.78 is 41.7. The fourth-order valence-electron chi connectivity index (χ4n) is 3.20. The average molecular weight is 376 g/mol. The molecule has 0 saturated carbocycles. The summed E-state index contributed by atoms with van der Waals surface area (Å²) in [6.07, 6.45) is 1.68. The zero-order chi connectivity index (χ0) is 17.4. The highest BCUT2D eigenvalue weighted by Crippen LogP contribution is 2.34. The number of rotatable bonds is 3. The molecule has 3 aromatic rings. The van der Waals surface area contributed by atoms with Gasteiger partial charge in [-0.1, -0.05) is 18.2 Å². The lowest BCUT2D eigenvalue weighted by Gasteiger charge is -2.31. The number of sulfonamides is 1. The van der Waals surface area contributed by atoms with Gasteiger partial charge in [0.05, 0.1) is 20.1 Å². The topological polar surface area (TPSA) is 50.3 Å². The third-order valence-electron chi connectivity index (χ3n) is 4.48. The maximum absolute atomic E-state index is 13.4. The Balaban J connectivity index is 1.62. The van der Waals surface area contributed by atoms with E-state index in [2.05, 4.69) is 4.98 Å². The first-order valence-corrected chi connectivity index (χ1v) is 10.4. The van der Waals surface area contributed by atoms with Crippen LogP contribution >= 0.6 is 11.3 Å². The van der Waals surface area contributed by atoms with E-state index >= 15 is 0 Å². The van der Waals surface area contributed by atoms with Crippen molar-refractivity contribution >= 4 is 31.6 Å². The van der Waals surface area contributed by atoms with Crippen LogP contribution in [0.4, 0.5) is 4.39 Å². The van der Waals surface area contributed by atoms with Gasteiger partial charge in [-0.2, -0.15) is 4.31 Å². The zero-order valence-corrected chi connectivity index (χ0v) is 15.1. The predicted molar refractivity (Wildman–Crippen MR) is 96.8 cm³/mol. The Hall–Kier alpha value is -1.83. The third kappa shape index (κ3) is 3.19. The molecule has 1 fully saturated rings. The van der Waals surface area contributed by atoms with Gasteiger partial charge in [0.25, 0.3) is 0 Å². The molecule has 0 spiro atoms. The molecule has 0 bridgehead atoms. The number of nitrogens with zero attached hydrogens (tertiary/aromatic N) is 2. The summed E-state index contributed by atoms with van der Waals surface area (Å²) in [4.78, 5) is 4.69. The molecule has 0 amide bonds. The number of hydrogen-bond donors (Lipinski definition) is 0. The number of halogens is 1. The first kappa shape index (κ1) is 16.6. The molecule has 1 aliphatic rings. The van der Waals surface area contributed by atoms with Crippen LogP contribution in [0.5, 0.6) is 0 Å². The van der Waals surface area contributed by atoms with Crippen molar-refractivity contribution in [3.8, 4) is 0 Å². The van der Waals surface area contributed by atoms with Gasteiger partial charge in [0.15, 0.2) is 0 Å². The number of benzene rings is 2. The van der Waals surface area contributed by atoms with Crippen LogP contribution in [0.15, 0.2) is 53.4 Å². The molecule has 1 aliphatic heterocycles. The van der Waals surface area contributed by atoms with Crippen molar-refractivity contribution in [1.29, 1.82) is 0 Å². The Bertz CT molecular complexity index is 984. The third-order valence-corrected chi connectivity index (χ3v) is 7.54. The van der Waals surface area contributed by atoms with E-state index in [1.54, 1.807) is 11.3 Å². The molecule has 2 aromatic carbocycles. The monoisotopic (exact) mass is 376 g/mol. The first-order valence-electron chi connectivity index (χ1n) is 8.15. The largest absolute Gasteiger partial charge is 0.243 e. The molecule has 7 heteroatoms. The van der Waals surface area contributed by atoms with Crippen LogP contribution in [-0.2, 0) is 10.0 Å². The number of fused-ring (bicyclic) bond motifs is 1. The van der Waals surface area contributed by atoms with E-state index in [9.17, 15) is 12.8 Å². The van der Waals surface area contributed by atoms with E-state index < -0.39 is 15.8 Å². The highest BCUT2D eigenvalue weighted by Gasteiger charge is 2.32. The molecule has 130 valence electrons. The molecule has 0 N–H and O–H groups in total. The lowest BCUT2D eigenvalue weighted by Crippen LogP contribution is -2.39. The van der Waals surface area contributed by atoms with Gasteiger partial charge in [0, 0.05) is 19.0 Å². The maximum Gasteiger partial charge on any atom is 0.243 e. The van der Waals surface area contributed by atoms with Crippen LogP contribution < -0.4 is 0 Å². The number of hydrogen-bond acceptors (Lipinski definition) is 4. The minimum atomic E-state index is -3.69. The Morgan fingerprint density at radius 3 is 2.80 bits per heavy atom. The van der Waals surface area contributed by atoms with Gasteiger partial charge >= 0.3 is 0 Å². The Morgan fingerprint density at radius 2 is 2.00 bits per heavy atom. The Kier molecular flexibility index (Phi) is 4.31. The van der Waals surface area contributed by atoms with E-state index in [0.29, 0.717) is 13.1 Å². The predicted octanol–water partition coefficient (Wildman–Crippen LogP) is 4.00. The quantitative estimate of drug-likeness (QED) is 0.694. The molecule has 25 heavy (non-hydrogen) atoms. The standard InChI is InChI=1S/C18H17FN2O2S2/c19-14-6-3-7-15(11-14)25(22,23)21-10-4-5-13(12-21)18-20-16-8-1-2-9-17(16)24-18/h1-3,6-9,11,13H,4-5,10,12H2. The van der Waals surface area contributed by atoms with Gasteiger partial charge < -0.3 is 0 Å². The van der Waals surface area contributed by atoms with Crippen LogP contribution in [0.1, 0.15) is 23.8 Å². The van der Waals surface area contributed by atoms with Gasteiger partial charge in [0.1, 0.15) is 5.82 Å². The Morgan fingerprint density at radius 1 is 1.16 bits per heavy atom. The summed E-state index contributed by atoms with van der Waals surface area (Å²) in [6.45, 7) is 0.846. The highest BCUT2D eigenvalue weighted by molar-refractivity contribution is 7.89. The van der Waals surface area contributed by atoms with Gasteiger partial charge in [0.2, 0.25) is 10.0 Å². The molecule has 1 unspecified atom stereocenters. The molecule has 4 rings (SSSR count). The van der Waals surface area contributed by atoms with E-state index in [-0.39, 0.29) is 10.8 Å². The first-order chi connectivity index (χ1) is 12.0. The Labute approximate surface area is 150 Å². The second kappa shape index (κ2) is 6.48. The van der Waals surface area contributed by atoms with Gasteiger partial charge in [-0.15, -0.1) is 11.3 Å². The normalized spacial score (nSPS) is 19.3. The van der Waals surface area contributed by atoms with Gasteiger partial charge in [-0.25, -0.2) is 17.8 Å². The summed E-state index contributed by atoms with van der Waals surface area (Å²) in [7, 11) is -3.69. The van der Waals surface area contributed by atoms with Crippen molar-refractivity contribution in [2.45, 2.75) is 23.7 Å². The molecule has 0 radical (unpaired) electrons. The number of para-hydroxylation sites is 1. The summed E-state index contributed by atoms with van der Waals surface area (Å²) in [5.74, 6) is -0.463. The van der Waals surface area contributed by atoms with E-state index in [1.807, 2.05) is 24.3 Å². The lowest BCUT2D eigenvalue weighted by atomic mass is 10.0. The van der Waals surface area contributed by atoms with E-state index in [0.717, 1.165) is 34.1 Å². The fourth-order valence-corrected chi connectivity index (χ4v) is 5.85. The van der Waals surface area contributed by atoms with Crippen molar-refractivity contribution in [3.05, 3.63) is 59.4 Å². The molecular weight excluding hydrogens is 359 g/mol. The van der Waals surface area contributed by atoms with Crippen LogP contribution in [0.2, 0.25) is 0 Å². The molecule has 4 nitrogen and oxygen atoms in total. The maximum atomic E-state index is 13.4. The molecule has 2 heterocycles. The van der Waals surface area contributed by atoms with Crippen LogP contribution in [0, 0.1) is 5.82 Å². The molecular formula is C18H17FN2O2S2. The van der Waals surface area contributed by atoms with E-state index in [4.69, 9.17) is 0 Å². The highest BCUT2D eigenvalue weighted by atomic mass is 32.2. The van der Waals surface area contributed by atoms with Crippen LogP contribution in [-0.4, -0.2) is 30.8 Å². The SMILES string of the molecule is O=S(=O)(c1cccc(F)c1)N1CCCC(c2nc3ccccc3s2)C1. The minimum Gasteiger partial charge on any atom is -0.241 e. The molecule has 1 saturated heterocycles. The summed E-state index contributed by atoms with van der Waals surface area (Å²) in [6, 6.07) is 13.1. The number of piperidine rings is 1. The molecule has 1 atom stereocenters. The van der Waals surface area contributed by atoms with Gasteiger partial charge in [-0.05, 0) is 43.2 Å². The second-order valence-corrected chi connectivity index (χ2v) is 9.18. The van der Waals surface area contributed by atoms with Crippen molar-refractivity contribution in [2.75, 3.05) is 13.1 Å². The van der Waals surface area contributed by atoms with Crippen LogP contribution in [0.25, 0.3) is 10.2 Å².